The third-order valence-corrected chi connectivity index (χ3v) is 5.90. The lowest BCUT2D eigenvalue weighted by molar-refractivity contribution is 0.0223. The Labute approximate surface area is 126 Å². The average Bonchev–Trinajstić information content (AvgIpc) is 2.38. The van der Waals surface area contributed by atoms with E-state index in [0.717, 1.165) is 0 Å². The second kappa shape index (κ2) is 5.98. The lowest BCUT2D eigenvalue weighted by Gasteiger charge is -2.35. The first-order chi connectivity index (χ1) is 9.38. The summed E-state index contributed by atoms with van der Waals surface area (Å²) in [5.74, 6) is 0. The predicted molar refractivity (Wildman–Crippen MR) is 78.7 cm³/mol. The molecule has 0 spiro atoms. The third kappa shape index (κ3) is 3.32. The first-order valence-electron chi connectivity index (χ1n) is 6.16. The quantitative estimate of drug-likeness (QED) is 0.687. The van der Waals surface area contributed by atoms with Crippen molar-refractivity contribution in [2.45, 2.75) is 23.3 Å². The van der Waals surface area contributed by atoms with Crippen LogP contribution >= 0.6 is 15.9 Å². The molecule has 1 fully saturated rings. The number of benzene rings is 1. The van der Waals surface area contributed by atoms with Crippen molar-refractivity contribution < 1.29 is 18.3 Å². The molecular formula is C12H17BrN2O4S. The van der Waals surface area contributed by atoms with Crippen LogP contribution in [0.3, 0.4) is 0 Å². The molecule has 0 unspecified atom stereocenters. The highest BCUT2D eigenvalue weighted by atomic mass is 79.9. The monoisotopic (exact) mass is 364 g/mol. The highest BCUT2D eigenvalue weighted by molar-refractivity contribution is 9.10. The van der Waals surface area contributed by atoms with Gasteiger partial charge in [-0.3, -0.25) is 0 Å². The van der Waals surface area contributed by atoms with E-state index in [2.05, 4.69) is 20.7 Å². The Balaban J connectivity index is 2.30. The number of nitrogen functional groups attached to an aromatic ring is 1. The number of rotatable bonds is 4. The van der Waals surface area contributed by atoms with Crippen molar-refractivity contribution in [1.82, 2.24) is 4.72 Å². The molecule has 1 aromatic carbocycles. The first-order valence-corrected chi connectivity index (χ1v) is 8.44. The van der Waals surface area contributed by atoms with E-state index in [9.17, 15) is 13.5 Å². The molecule has 0 aliphatic carbocycles. The first kappa shape index (κ1) is 15.7. The van der Waals surface area contributed by atoms with Gasteiger partial charge in [0.05, 0.1) is 17.0 Å². The molecule has 112 valence electrons. The Kier molecular flexibility index (Phi) is 4.70. The number of nitrogens with one attached hydrogen (secondary N) is 1. The van der Waals surface area contributed by atoms with Crippen LogP contribution in [-0.2, 0) is 14.8 Å². The number of ether oxygens (including phenoxy) is 1. The summed E-state index contributed by atoms with van der Waals surface area (Å²) in [6.07, 6.45) is 0.880. The van der Waals surface area contributed by atoms with Gasteiger partial charge in [-0.15, -0.1) is 0 Å². The highest BCUT2D eigenvalue weighted by Crippen LogP contribution is 2.28. The molecular weight excluding hydrogens is 348 g/mol. The molecule has 0 aromatic heterocycles. The zero-order valence-corrected chi connectivity index (χ0v) is 13.2. The number of hydrogen-bond donors (Lipinski definition) is 3. The van der Waals surface area contributed by atoms with E-state index in [1.165, 1.54) is 18.2 Å². The second-order valence-corrected chi connectivity index (χ2v) is 7.35. The molecule has 0 radical (unpaired) electrons. The fraction of sp³-hybridized carbons (Fsp3) is 0.500. The average molecular weight is 365 g/mol. The number of aliphatic hydroxyl groups is 1. The van der Waals surface area contributed by atoms with Crippen molar-refractivity contribution in [3.63, 3.8) is 0 Å². The van der Waals surface area contributed by atoms with E-state index in [-0.39, 0.29) is 11.5 Å². The Morgan fingerprint density at radius 2 is 2.05 bits per heavy atom. The fourth-order valence-corrected chi connectivity index (χ4v) is 4.68. The lowest BCUT2D eigenvalue weighted by Crippen LogP contribution is -2.54. The standard InChI is InChI=1S/C12H17BrN2O4S/c13-10-7-9(14)1-2-11(10)20(17,18)15-12(8-16)3-5-19-6-4-12/h1-2,7,15-16H,3-6,8,14H2. The maximum atomic E-state index is 12.5. The molecule has 0 atom stereocenters. The molecule has 8 heteroatoms. The molecule has 20 heavy (non-hydrogen) atoms. The molecule has 0 amide bonds. The maximum absolute atomic E-state index is 12.5. The van der Waals surface area contributed by atoms with Crippen molar-refractivity contribution in [2.75, 3.05) is 25.6 Å². The number of anilines is 1. The van der Waals surface area contributed by atoms with Crippen LogP contribution in [0.25, 0.3) is 0 Å². The zero-order valence-electron chi connectivity index (χ0n) is 10.8. The van der Waals surface area contributed by atoms with Gasteiger partial charge in [-0.1, -0.05) is 0 Å². The van der Waals surface area contributed by atoms with E-state index >= 15 is 0 Å². The summed E-state index contributed by atoms with van der Waals surface area (Å²) in [6, 6.07) is 4.49. The second-order valence-electron chi connectivity index (χ2n) is 4.85. The Hall–Kier alpha value is -0.670. The molecule has 1 aliphatic heterocycles. The minimum absolute atomic E-state index is 0.103. The zero-order chi connectivity index (χ0) is 14.8. The summed E-state index contributed by atoms with van der Waals surface area (Å²) in [4.78, 5) is 0.103. The molecule has 1 aliphatic rings. The summed E-state index contributed by atoms with van der Waals surface area (Å²) in [5, 5.41) is 9.55. The summed E-state index contributed by atoms with van der Waals surface area (Å²) < 4.78 is 33.1. The van der Waals surface area contributed by atoms with Crippen molar-refractivity contribution >= 4 is 31.6 Å². The maximum Gasteiger partial charge on any atom is 0.242 e. The lowest BCUT2D eigenvalue weighted by atomic mass is 9.93. The van der Waals surface area contributed by atoms with Gasteiger partial charge in [0, 0.05) is 23.4 Å². The molecule has 2 rings (SSSR count). The summed E-state index contributed by atoms with van der Waals surface area (Å²) >= 11 is 3.20. The summed E-state index contributed by atoms with van der Waals surface area (Å²) in [6.45, 7) is 0.583. The van der Waals surface area contributed by atoms with E-state index in [1.807, 2.05) is 0 Å². The van der Waals surface area contributed by atoms with Gasteiger partial charge in [0.15, 0.2) is 0 Å². The SMILES string of the molecule is Nc1ccc(S(=O)(=O)NC2(CO)CCOCC2)c(Br)c1. The number of halogens is 1. The minimum Gasteiger partial charge on any atom is -0.399 e. The molecule has 6 nitrogen and oxygen atoms in total. The van der Waals surface area contributed by atoms with Crippen molar-refractivity contribution in [2.24, 2.45) is 0 Å². The largest absolute Gasteiger partial charge is 0.399 e. The number of hydrogen-bond acceptors (Lipinski definition) is 5. The van der Waals surface area contributed by atoms with Gasteiger partial charge in [0.2, 0.25) is 10.0 Å². The molecule has 0 bridgehead atoms. The Morgan fingerprint density at radius 3 is 2.60 bits per heavy atom. The van der Waals surface area contributed by atoms with E-state index in [4.69, 9.17) is 10.5 Å². The Morgan fingerprint density at radius 1 is 1.40 bits per heavy atom. The fourth-order valence-electron chi connectivity index (χ4n) is 2.13. The van der Waals surface area contributed by atoms with Gasteiger partial charge in [0.1, 0.15) is 0 Å². The smallest absolute Gasteiger partial charge is 0.242 e. The van der Waals surface area contributed by atoms with Gasteiger partial charge >= 0.3 is 0 Å². The van der Waals surface area contributed by atoms with Crippen LogP contribution in [0, 0.1) is 0 Å². The molecule has 1 saturated heterocycles. The Bertz CT molecular complexity index is 585. The van der Waals surface area contributed by atoms with Crippen LogP contribution in [0.15, 0.2) is 27.6 Å². The van der Waals surface area contributed by atoms with Crippen molar-refractivity contribution in [3.05, 3.63) is 22.7 Å². The number of nitrogens with two attached hydrogens (primary N) is 1. The number of sulfonamides is 1. The normalized spacial score (nSPS) is 18.9. The van der Waals surface area contributed by atoms with Crippen LogP contribution < -0.4 is 10.5 Å². The number of aliphatic hydroxyl groups excluding tert-OH is 1. The molecule has 1 heterocycles. The highest BCUT2D eigenvalue weighted by Gasteiger charge is 2.37. The molecule has 4 N–H and O–H groups in total. The molecule has 0 saturated carbocycles. The van der Waals surface area contributed by atoms with E-state index < -0.39 is 15.6 Å². The van der Waals surface area contributed by atoms with Crippen molar-refractivity contribution in [1.29, 1.82) is 0 Å². The van der Waals surface area contributed by atoms with E-state index in [0.29, 0.717) is 36.2 Å². The van der Waals surface area contributed by atoms with Crippen LogP contribution in [0.5, 0.6) is 0 Å². The summed E-state index contributed by atoms with van der Waals surface area (Å²) in [5.41, 5.74) is 5.21. The van der Waals surface area contributed by atoms with Crippen LogP contribution in [0.4, 0.5) is 5.69 Å². The van der Waals surface area contributed by atoms with Gasteiger partial charge in [-0.05, 0) is 47.0 Å². The van der Waals surface area contributed by atoms with Crippen molar-refractivity contribution in [3.8, 4) is 0 Å². The van der Waals surface area contributed by atoms with Gasteiger partial charge in [-0.25, -0.2) is 13.1 Å². The van der Waals surface area contributed by atoms with Gasteiger partial charge < -0.3 is 15.6 Å². The van der Waals surface area contributed by atoms with Gasteiger partial charge in [0.25, 0.3) is 0 Å². The summed E-state index contributed by atoms with van der Waals surface area (Å²) in [7, 11) is -3.75. The van der Waals surface area contributed by atoms with E-state index in [1.54, 1.807) is 0 Å². The topological polar surface area (TPSA) is 102 Å². The molecule has 1 aromatic rings. The minimum atomic E-state index is -3.75. The van der Waals surface area contributed by atoms with Gasteiger partial charge in [-0.2, -0.15) is 0 Å². The third-order valence-electron chi connectivity index (χ3n) is 3.35. The van der Waals surface area contributed by atoms with Crippen LogP contribution in [-0.4, -0.2) is 38.9 Å². The van der Waals surface area contributed by atoms with Crippen LogP contribution in [0.2, 0.25) is 0 Å². The van der Waals surface area contributed by atoms with Crippen LogP contribution in [0.1, 0.15) is 12.8 Å². The predicted octanol–water partition coefficient (Wildman–Crippen LogP) is 0.851.